The first-order valence-corrected chi connectivity index (χ1v) is 5.23. The van der Waals surface area contributed by atoms with E-state index in [0.29, 0.717) is 6.42 Å². The summed E-state index contributed by atoms with van der Waals surface area (Å²) in [5.74, 6) is 0. The topological polar surface area (TPSA) is 80.9 Å². The molecule has 4 heteroatoms. The molecule has 0 fully saturated rings. The summed E-state index contributed by atoms with van der Waals surface area (Å²) in [5, 5.41) is 36.8. The van der Waals surface area contributed by atoms with E-state index >= 15 is 0 Å². The molecule has 0 aromatic carbocycles. The maximum Gasteiger partial charge on any atom is 0.106 e. The Labute approximate surface area is 85.2 Å². The van der Waals surface area contributed by atoms with Gasteiger partial charge in [-0.25, -0.2) is 0 Å². The first kappa shape index (κ1) is 13.8. The van der Waals surface area contributed by atoms with Crippen LogP contribution in [0, 0.1) is 0 Å². The quantitative estimate of drug-likeness (QED) is 0.422. The largest absolute Gasteiger partial charge is 0.396 e. The maximum absolute atomic E-state index is 9.94. The van der Waals surface area contributed by atoms with Gasteiger partial charge in [-0.05, 0) is 6.42 Å². The predicted octanol–water partition coefficient (Wildman–Crippen LogP) is 0.0334. The van der Waals surface area contributed by atoms with Crippen LogP contribution in [0.15, 0.2) is 0 Å². The molecule has 0 rings (SSSR count). The minimum absolute atomic E-state index is 0.110. The summed E-state index contributed by atoms with van der Waals surface area (Å²) in [6.45, 7) is 1.40. The Bertz CT molecular complexity index is 140. The molecule has 0 saturated heterocycles. The third kappa shape index (κ3) is 4.37. The normalized spacial score (nSPS) is 17.8. The molecule has 2 unspecified atom stereocenters. The molecule has 0 amide bonds. The van der Waals surface area contributed by atoms with Crippen molar-refractivity contribution in [3.8, 4) is 0 Å². The zero-order valence-electron chi connectivity index (χ0n) is 8.82. The molecule has 0 aliphatic heterocycles. The van der Waals surface area contributed by atoms with Crippen molar-refractivity contribution in [2.75, 3.05) is 13.2 Å². The number of hydrogen-bond donors (Lipinski definition) is 4. The molecular weight excluding hydrogens is 184 g/mol. The highest BCUT2D eigenvalue weighted by Crippen LogP contribution is 2.23. The SMILES string of the molecule is CCCCCC(O)(CCO)C(O)CO. The van der Waals surface area contributed by atoms with Crippen LogP contribution in [0.2, 0.25) is 0 Å². The molecule has 4 N–H and O–H groups in total. The van der Waals surface area contributed by atoms with E-state index in [0.717, 1.165) is 19.3 Å². The van der Waals surface area contributed by atoms with Crippen LogP contribution in [0.1, 0.15) is 39.0 Å². The fourth-order valence-corrected chi connectivity index (χ4v) is 1.50. The second-order valence-corrected chi connectivity index (χ2v) is 3.73. The summed E-state index contributed by atoms with van der Waals surface area (Å²) >= 11 is 0. The smallest absolute Gasteiger partial charge is 0.106 e. The summed E-state index contributed by atoms with van der Waals surface area (Å²) < 4.78 is 0. The fraction of sp³-hybridized carbons (Fsp3) is 1.00. The highest BCUT2D eigenvalue weighted by molar-refractivity contribution is 4.85. The van der Waals surface area contributed by atoms with Crippen molar-refractivity contribution in [1.29, 1.82) is 0 Å². The average Bonchev–Trinajstić information content (AvgIpc) is 2.17. The first-order chi connectivity index (χ1) is 6.60. The number of unbranched alkanes of at least 4 members (excludes halogenated alkanes) is 2. The Hall–Kier alpha value is -0.160. The molecular formula is C10H22O4. The van der Waals surface area contributed by atoms with E-state index < -0.39 is 18.3 Å². The lowest BCUT2D eigenvalue weighted by molar-refractivity contribution is -0.110. The molecule has 0 spiro atoms. The fourth-order valence-electron chi connectivity index (χ4n) is 1.50. The van der Waals surface area contributed by atoms with Gasteiger partial charge in [0.15, 0.2) is 0 Å². The van der Waals surface area contributed by atoms with Gasteiger partial charge in [0.2, 0.25) is 0 Å². The Balaban J connectivity index is 4.08. The molecule has 0 saturated carbocycles. The predicted molar refractivity (Wildman–Crippen MR) is 53.9 cm³/mol. The van der Waals surface area contributed by atoms with Gasteiger partial charge in [0.25, 0.3) is 0 Å². The Kier molecular flexibility index (Phi) is 7.09. The maximum atomic E-state index is 9.94. The lowest BCUT2D eigenvalue weighted by Crippen LogP contribution is -2.45. The van der Waals surface area contributed by atoms with Gasteiger partial charge >= 0.3 is 0 Å². The van der Waals surface area contributed by atoms with Crippen molar-refractivity contribution < 1.29 is 20.4 Å². The van der Waals surface area contributed by atoms with Crippen LogP contribution in [-0.2, 0) is 0 Å². The van der Waals surface area contributed by atoms with Crippen LogP contribution in [0.5, 0.6) is 0 Å². The highest BCUT2D eigenvalue weighted by Gasteiger charge is 2.33. The van der Waals surface area contributed by atoms with Gasteiger partial charge in [-0.1, -0.05) is 26.2 Å². The van der Waals surface area contributed by atoms with E-state index in [1.54, 1.807) is 0 Å². The number of rotatable bonds is 8. The van der Waals surface area contributed by atoms with Gasteiger partial charge in [0.1, 0.15) is 6.10 Å². The standard InChI is InChI=1S/C10H22O4/c1-2-3-4-5-10(14,6-7-11)9(13)8-12/h9,11-14H,2-8H2,1H3. The van der Waals surface area contributed by atoms with E-state index in [1.807, 2.05) is 6.92 Å². The number of aliphatic hydroxyl groups is 4. The van der Waals surface area contributed by atoms with Crippen molar-refractivity contribution in [2.24, 2.45) is 0 Å². The summed E-state index contributed by atoms with van der Waals surface area (Å²) in [6, 6.07) is 0. The second-order valence-electron chi connectivity index (χ2n) is 3.73. The van der Waals surface area contributed by atoms with Gasteiger partial charge in [0.05, 0.1) is 12.2 Å². The number of hydrogen-bond acceptors (Lipinski definition) is 4. The molecule has 86 valence electrons. The molecule has 0 radical (unpaired) electrons. The Morgan fingerprint density at radius 2 is 1.79 bits per heavy atom. The van der Waals surface area contributed by atoms with Crippen LogP contribution < -0.4 is 0 Å². The summed E-state index contributed by atoms with van der Waals surface area (Å²) in [6.07, 6.45) is 2.17. The van der Waals surface area contributed by atoms with Crippen molar-refractivity contribution in [2.45, 2.75) is 50.7 Å². The van der Waals surface area contributed by atoms with Gasteiger partial charge in [-0.3, -0.25) is 0 Å². The molecule has 2 atom stereocenters. The summed E-state index contributed by atoms with van der Waals surface area (Å²) in [4.78, 5) is 0. The molecule has 0 aliphatic rings. The number of aliphatic hydroxyl groups excluding tert-OH is 3. The molecule has 0 aromatic heterocycles. The van der Waals surface area contributed by atoms with Crippen LogP contribution in [-0.4, -0.2) is 45.3 Å². The van der Waals surface area contributed by atoms with Crippen molar-refractivity contribution in [3.63, 3.8) is 0 Å². The van der Waals surface area contributed by atoms with E-state index in [9.17, 15) is 10.2 Å². The van der Waals surface area contributed by atoms with Crippen molar-refractivity contribution in [3.05, 3.63) is 0 Å². The van der Waals surface area contributed by atoms with Gasteiger partial charge in [-0.15, -0.1) is 0 Å². The molecule has 0 heterocycles. The van der Waals surface area contributed by atoms with Crippen LogP contribution in [0.3, 0.4) is 0 Å². The monoisotopic (exact) mass is 206 g/mol. The van der Waals surface area contributed by atoms with Crippen LogP contribution >= 0.6 is 0 Å². The highest BCUT2D eigenvalue weighted by atomic mass is 16.4. The minimum Gasteiger partial charge on any atom is -0.396 e. The Morgan fingerprint density at radius 3 is 2.21 bits per heavy atom. The zero-order chi connectivity index (χ0) is 11.0. The average molecular weight is 206 g/mol. The Morgan fingerprint density at radius 1 is 1.14 bits per heavy atom. The lowest BCUT2D eigenvalue weighted by Gasteiger charge is -2.31. The van der Waals surface area contributed by atoms with Gasteiger partial charge in [0, 0.05) is 13.0 Å². The molecule has 14 heavy (non-hydrogen) atoms. The van der Waals surface area contributed by atoms with E-state index in [2.05, 4.69) is 0 Å². The van der Waals surface area contributed by atoms with Crippen LogP contribution in [0.25, 0.3) is 0 Å². The molecule has 0 aliphatic carbocycles. The summed E-state index contributed by atoms with van der Waals surface area (Å²) in [7, 11) is 0. The third-order valence-corrected chi connectivity index (χ3v) is 2.55. The summed E-state index contributed by atoms with van der Waals surface area (Å²) in [5.41, 5.74) is -1.33. The third-order valence-electron chi connectivity index (χ3n) is 2.55. The zero-order valence-corrected chi connectivity index (χ0v) is 8.82. The van der Waals surface area contributed by atoms with Crippen molar-refractivity contribution >= 4 is 0 Å². The van der Waals surface area contributed by atoms with E-state index in [1.165, 1.54) is 0 Å². The lowest BCUT2D eigenvalue weighted by atomic mass is 9.87. The molecule has 4 nitrogen and oxygen atoms in total. The van der Waals surface area contributed by atoms with Gasteiger partial charge < -0.3 is 20.4 Å². The first-order valence-electron chi connectivity index (χ1n) is 5.23. The molecule has 0 bridgehead atoms. The van der Waals surface area contributed by atoms with Gasteiger partial charge in [-0.2, -0.15) is 0 Å². The van der Waals surface area contributed by atoms with Crippen LogP contribution in [0.4, 0.5) is 0 Å². The van der Waals surface area contributed by atoms with E-state index in [-0.39, 0.29) is 13.0 Å². The molecule has 0 aromatic rings. The van der Waals surface area contributed by atoms with Crippen molar-refractivity contribution in [1.82, 2.24) is 0 Å². The van der Waals surface area contributed by atoms with E-state index in [4.69, 9.17) is 10.2 Å². The second kappa shape index (κ2) is 7.17. The minimum atomic E-state index is -1.33.